The summed E-state index contributed by atoms with van der Waals surface area (Å²) in [5, 5.41) is 3.89. The van der Waals surface area contributed by atoms with Gasteiger partial charge in [-0.3, -0.25) is 4.98 Å². The maximum atomic E-state index is 7.12. The molecule has 1 saturated carbocycles. The van der Waals surface area contributed by atoms with Crippen molar-refractivity contribution < 1.29 is 4.43 Å². The Morgan fingerprint density at radius 2 is 1.55 bits per heavy atom. The average Bonchev–Trinajstić information content (AvgIpc) is 3.57. The van der Waals surface area contributed by atoms with Crippen molar-refractivity contribution in [1.82, 2.24) is 4.98 Å². The van der Waals surface area contributed by atoms with Crippen molar-refractivity contribution in [2.45, 2.75) is 32.2 Å². The zero-order valence-electron chi connectivity index (χ0n) is 19.7. The summed E-state index contributed by atoms with van der Waals surface area (Å²) in [5.74, 6) is 0.497. The van der Waals surface area contributed by atoms with E-state index in [9.17, 15) is 0 Å². The second-order valence-corrected chi connectivity index (χ2v) is 14.4. The Hall–Kier alpha value is -3.01. The van der Waals surface area contributed by atoms with Crippen LogP contribution in [0.15, 0.2) is 103 Å². The molecule has 3 aromatic carbocycles. The van der Waals surface area contributed by atoms with Gasteiger partial charge < -0.3 is 4.43 Å². The van der Waals surface area contributed by atoms with Crippen molar-refractivity contribution in [3.8, 4) is 0 Å². The van der Waals surface area contributed by atoms with Crippen LogP contribution < -0.4 is 10.4 Å². The van der Waals surface area contributed by atoms with E-state index < -0.39 is 8.32 Å². The zero-order valence-corrected chi connectivity index (χ0v) is 20.7. The van der Waals surface area contributed by atoms with Gasteiger partial charge in [0.25, 0.3) is 8.32 Å². The number of hydrogen-bond acceptors (Lipinski definition) is 2. The van der Waals surface area contributed by atoms with Crippen molar-refractivity contribution >= 4 is 35.7 Å². The molecule has 3 heteroatoms. The molecule has 2 nitrogen and oxygen atoms in total. The molecule has 0 unspecified atom stereocenters. The van der Waals surface area contributed by atoms with Crippen molar-refractivity contribution in [2.24, 2.45) is 5.92 Å². The molecule has 0 saturated heterocycles. The van der Waals surface area contributed by atoms with E-state index >= 15 is 0 Å². The largest absolute Gasteiger partial charge is 0.407 e. The number of benzene rings is 3. The van der Waals surface area contributed by atoms with Gasteiger partial charge in [-0.2, -0.15) is 0 Å². The molecule has 1 aromatic heterocycles. The third-order valence-electron chi connectivity index (χ3n) is 6.74. The number of rotatable bonds is 6. The third-order valence-corrected chi connectivity index (χ3v) is 11.7. The number of pyridine rings is 1. The average molecular weight is 450 g/mol. The van der Waals surface area contributed by atoms with E-state index in [0.717, 1.165) is 18.5 Å². The van der Waals surface area contributed by atoms with E-state index in [1.54, 1.807) is 0 Å². The monoisotopic (exact) mass is 449 g/mol. The minimum atomic E-state index is -2.47. The highest BCUT2D eigenvalue weighted by atomic mass is 28.4. The summed E-state index contributed by atoms with van der Waals surface area (Å²) in [6, 6.07) is 32.4. The summed E-state index contributed by atoms with van der Waals surface area (Å²) in [4.78, 5) is 4.43. The Labute approximate surface area is 198 Å². The summed E-state index contributed by atoms with van der Waals surface area (Å²) in [6.07, 6.45) is 5.30. The van der Waals surface area contributed by atoms with Gasteiger partial charge in [-0.15, -0.1) is 0 Å². The fraction of sp³-hybridized carbons (Fsp3) is 0.233. The summed E-state index contributed by atoms with van der Waals surface area (Å²) >= 11 is 0. The highest BCUT2D eigenvalue weighted by molar-refractivity contribution is 6.99. The second-order valence-electron chi connectivity index (χ2n) is 10.1. The topological polar surface area (TPSA) is 22.1 Å². The van der Waals surface area contributed by atoms with E-state index in [1.807, 2.05) is 12.3 Å². The molecule has 33 heavy (non-hydrogen) atoms. The first-order chi connectivity index (χ1) is 16.0. The van der Waals surface area contributed by atoms with Gasteiger partial charge in [0.2, 0.25) is 0 Å². The first-order valence-electron chi connectivity index (χ1n) is 11.8. The lowest BCUT2D eigenvalue weighted by molar-refractivity contribution is 0.285. The van der Waals surface area contributed by atoms with Crippen molar-refractivity contribution in [3.63, 3.8) is 0 Å². The molecule has 0 spiro atoms. The van der Waals surface area contributed by atoms with Crippen LogP contribution in [0.1, 0.15) is 32.8 Å². The third kappa shape index (κ3) is 4.31. The Balaban J connectivity index is 1.42. The maximum Gasteiger partial charge on any atom is 0.261 e. The Morgan fingerprint density at radius 1 is 0.879 bits per heavy atom. The van der Waals surface area contributed by atoms with Crippen LogP contribution in [-0.4, -0.2) is 19.9 Å². The lowest BCUT2D eigenvalue weighted by Crippen LogP contribution is -2.66. The molecule has 1 aliphatic carbocycles. The molecule has 0 N–H and O–H groups in total. The Morgan fingerprint density at radius 3 is 2.18 bits per heavy atom. The molecule has 1 atom stereocenters. The highest BCUT2D eigenvalue weighted by Crippen LogP contribution is 2.43. The fourth-order valence-corrected chi connectivity index (χ4v) is 9.56. The molecular formula is C30H31NOSi. The molecular weight excluding hydrogens is 418 g/mol. The number of aromatic nitrogens is 1. The van der Waals surface area contributed by atoms with Crippen molar-refractivity contribution in [2.75, 3.05) is 6.61 Å². The lowest BCUT2D eigenvalue weighted by atomic mass is 10.1. The predicted octanol–water partition coefficient (Wildman–Crippen LogP) is 6.21. The Bertz CT molecular complexity index is 1240. The van der Waals surface area contributed by atoms with E-state index in [1.165, 1.54) is 26.9 Å². The van der Waals surface area contributed by atoms with Gasteiger partial charge in [0.05, 0.1) is 5.52 Å². The molecule has 0 aliphatic heterocycles. The lowest BCUT2D eigenvalue weighted by Gasteiger charge is -2.43. The Kier molecular flexibility index (Phi) is 5.77. The standard InChI is InChI=1S/C30H31NOSi/c1-30(2,3)33(27-12-6-4-7-13-27,28-14-8-5-9-15-28)32-22-26-21-25(26)20-23-16-17-29-24(19-23)11-10-18-31-29/h4-20,26H,21-22H2,1-3H3/b25-20+/t26-/m0/s1. The summed E-state index contributed by atoms with van der Waals surface area (Å²) < 4.78 is 7.12. The number of nitrogens with zero attached hydrogens (tertiary/aromatic N) is 1. The van der Waals surface area contributed by atoms with Crippen LogP contribution in [0.3, 0.4) is 0 Å². The smallest absolute Gasteiger partial charge is 0.261 e. The molecule has 5 rings (SSSR count). The minimum Gasteiger partial charge on any atom is -0.407 e. The molecule has 1 fully saturated rings. The normalized spacial score (nSPS) is 17.4. The molecule has 0 radical (unpaired) electrons. The SMILES string of the molecule is CC(C)(C)[Si](OC[C@@H]1C/C1=C\c1ccc2ncccc2c1)(c1ccccc1)c1ccccc1. The van der Waals surface area contributed by atoms with Gasteiger partial charge in [-0.05, 0) is 45.6 Å². The van der Waals surface area contributed by atoms with Crippen LogP contribution in [-0.2, 0) is 4.43 Å². The van der Waals surface area contributed by atoms with Gasteiger partial charge in [0.1, 0.15) is 0 Å². The molecule has 4 aromatic rings. The highest BCUT2D eigenvalue weighted by Gasteiger charge is 2.51. The van der Waals surface area contributed by atoms with Crippen LogP contribution in [0.5, 0.6) is 0 Å². The van der Waals surface area contributed by atoms with Crippen LogP contribution in [0.2, 0.25) is 5.04 Å². The van der Waals surface area contributed by atoms with Crippen LogP contribution >= 0.6 is 0 Å². The zero-order chi connectivity index (χ0) is 22.9. The summed E-state index contributed by atoms with van der Waals surface area (Å²) in [7, 11) is -2.47. The second kappa shape index (κ2) is 8.73. The maximum absolute atomic E-state index is 7.12. The molecule has 0 amide bonds. The van der Waals surface area contributed by atoms with Gasteiger partial charge in [0.15, 0.2) is 0 Å². The van der Waals surface area contributed by atoms with E-state index in [2.05, 4.69) is 117 Å². The quantitative estimate of drug-likeness (QED) is 0.326. The van der Waals surface area contributed by atoms with Crippen LogP contribution in [0, 0.1) is 5.92 Å². The van der Waals surface area contributed by atoms with Crippen LogP contribution in [0.25, 0.3) is 17.0 Å². The minimum absolute atomic E-state index is 0.0137. The predicted molar refractivity (Wildman–Crippen MR) is 141 cm³/mol. The van der Waals surface area contributed by atoms with Gasteiger partial charge in [-0.25, -0.2) is 0 Å². The number of fused-ring (bicyclic) bond motifs is 1. The van der Waals surface area contributed by atoms with Gasteiger partial charge in [0, 0.05) is 24.1 Å². The van der Waals surface area contributed by atoms with Crippen molar-refractivity contribution in [3.05, 3.63) is 108 Å². The first kappa shape index (κ1) is 21.8. The van der Waals surface area contributed by atoms with Crippen molar-refractivity contribution in [1.29, 1.82) is 0 Å². The summed E-state index contributed by atoms with van der Waals surface area (Å²) in [6.45, 7) is 7.79. The van der Waals surface area contributed by atoms with Gasteiger partial charge in [-0.1, -0.05) is 105 Å². The number of hydrogen-bond donors (Lipinski definition) is 0. The van der Waals surface area contributed by atoms with E-state index in [0.29, 0.717) is 5.92 Å². The van der Waals surface area contributed by atoms with E-state index in [4.69, 9.17) is 4.43 Å². The molecule has 166 valence electrons. The van der Waals surface area contributed by atoms with Crippen LogP contribution in [0.4, 0.5) is 0 Å². The van der Waals surface area contributed by atoms with E-state index in [-0.39, 0.29) is 5.04 Å². The molecule has 1 aliphatic rings. The first-order valence-corrected chi connectivity index (χ1v) is 13.7. The fourth-order valence-electron chi connectivity index (χ4n) is 4.95. The van der Waals surface area contributed by atoms with Gasteiger partial charge >= 0.3 is 0 Å². The molecule has 0 bridgehead atoms. The summed E-state index contributed by atoms with van der Waals surface area (Å²) in [5.41, 5.74) is 3.77. The molecule has 1 heterocycles.